The molecule has 0 atom stereocenters. The lowest BCUT2D eigenvalue weighted by atomic mass is 10.0. The summed E-state index contributed by atoms with van der Waals surface area (Å²) in [6, 6.07) is 5.44. The molecule has 1 heterocycles. The van der Waals surface area contributed by atoms with E-state index in [0.29, 0.717) is 5.56 Å². The number of amides is 1. The second-order valence-corrected chi connectivity index (χ2v) is 4.98. The van der Waals surface area contributed by atoms with Crippen LogP contribution in [-0.4, -0.2) is 29.7 Å². The molecule has 96 valence electrons. The number of carbonyl (C=O) groups excluding carboxylic acids is 2. The van der Waals surface area contributed by atoms with Crippen molar-refractivity contribution in [3.63, 3.8) is 0 Å². The average molecular weight is 245 g/mol. The molecule has 3 heteroatoms. The number of likely N-dealkylation sites (tertiary alicyclic amines) is 1. The molecule has 2 rings (SSSR count). The van der Waals surface area contributed by atoms with E-state index in [9.17, 15) is 9.59 Å². The first kappa shape index (κ1) is 12.8. The second kappa shape index (κ2) is 5.34. The van der Waals surface area contributed by atoms with E-state index in [1.165, 1.54) is 0 Å². The van der Waals surface area contributed by atoms with Gasteiger partial charge in [-0.1, -0.05) is 12.1 Å². The molecule has 1 aromatic carbocycles. The van der Waals surface area contributed by atoms with Crippen molar-refractivity contribution in [1.82, 2.24) is 4.90 Å². The van der Waals surface area contributed by atoms with Crippen molar-refractivity contribution in [3.05, 3.63) is 34.9 Å². The minimum absolute atomic E-state index is 0.349. The maximum atomic E-state index is 12.1. The van der Waals surface area contributed by atoms with Crippen molar-refractivity contribution in [2.75, 3.05) is 13.1 Å². The van der Waals surface area contributed by atoms with Crippen LogP contribution in [0.1, 0.15) is 40.7 Å². The van der Waals surface area contributed by atoms with Crippen molar-refractivity contribution < 1.29 is 9.59 Å². The molecule has 18 heavy (non-hydrogen) atoms. The largest absolute Gasteiger partial charge is 0.336 e. The smallest absolute Gasteiger partial charge is 0.294 e. The lowest BCUT2D eigenvalue weighted by Crippen LogP contribution is -2.40. The van der Waals surface area contributed by atoms with Crippen LogP contribution in [0.15, 0.2) is 18.2 Å². The van der Waals surface area contributed by atoms with Gasteiger partial charge in [-0.25, -0.2) is 0 Å². The summed E-state index contributed by atoms with van der Waals surface area (Å²) in [6.45, 7) is 5.39. The Labute approximate surface area is 108 Å². The lowest BCUT2D eigenvalue weighted by molar-refractivity contribution is -0.127. The molecule has 0 aromatic heterocycles. The molecular formula is C15H19NO2. The standard InChI is InChI=1S/C15H19NO2/c1-11-6-7-13(10-12(11)2)14(17)15(18)16-8-4-3-5-9-16/h6-7,10H,3-5,8-9H2,1-2H3. The third-order valence-electron chi connectivity index (χ3n) is 3.61. The highest BCUT2D eigenvalue weighted by Crippen LogP contribution is 2.14. The molecular weight excluding hydrogens is 226 g/mol. The van der Waals surface area contributed by atoms with E-state index < -0.39 is 0 Å². The van der Waals surface area contributed by atoms with E-state index in [4.69, 9.17) is 0 Å². The molecule has 0 N–H and O–H groups in total. The monoisotopic (exact) mass is 245 g/mol. The molecule has 1 fully saturated rings. The van der Waals surface area contributed by atoms with Gasteiger partial charge in [-0.3, -0.25) is 9.59 Å². The average Bonchev–Trinajstić information content (AvgIpc) is 2.41. The van der Waals surface area contributed by atoms with E-state index in [1.807, 2.05) is 19.9 Å². The van der Waals surface area contributed by atoms with E-state index >= 15 is 0 Å². The van der Waals surface area contributed by atoms with Crippen LogP contribution in [0.5, 0.6) is 0 Å². The molecule has 1 aliphatic rings. The zero-order valence-corrected chi connectivity index (χ0v) is 11.0. The number of rotatable bonds is 2. The number of ketones is 1. The summed E-state index contributed by atoms with van der Waals surface area (Å²) >= 11 is 0. The number of aryl methyl sites for hydroxylation is 2. The first-order valence-electron chi connectivity index (χ1n) is 6.50. The van der Waals surface area contributed by atoms with Crippen LogP contribution >= 0.6 is 0 Å². The van der Waals surface area contributed by atoms with Crippen molar-refractivity contribution >= 4 is 11.7 Å². The summed E-state index contributed by atoms with van der Waals surface area (Å²) in [5.41, 5.74) is 2.69. The van der Waals surface area contributed by atoms with Gasteiger partial charge in [0.2, 0.25) is 5.78 Å². The summed E-state index contributed by atoms with van der Waals surface area (Å²) in [4.78, 5) is 25.9. The fourth-order valence-corrected chi connectivity index (χ4v) is 2.25. The van der Waals surface area contributed by atoms with Gasteiger partial charge >= 0.3 is 0 Å². The molecule has 1 saturated heterocycles. The van der Waals surface area contributed by atoms with Crippen molar-refractivity contribution in [2.24, 2.45) is 0 Å². The predicted molar refractivity (Wildman–Crippen MR) is 70.7 cm³/mol. The van der Waals surface area contributed by atoms with Gasteiger partial charge in [0.05, 0.1) is 0 Å². The molecule has 0 spiro atoms. The molecule has 1 aliphatic heterocycles. The molecule has 3 nitrogen and oxygen atoms in total. The zero-order valence-electron chi connectivity index (χ0n) is 11.0. The SMILES string of the molecule is Cc1ccc(C(=O)C(=O)N2CCCCC2)cc1C. The van der Waals surface area contributed by atoms with Gasteiger partial charge in [0, 0.05) is 18.7 Å². The summed E-state index contributed by atoms with van der Waals surface area (Å²) in [6.07, 6.45) is 3.17. The third-order valence-corrected chi connectivity index (χ3v) is 3.61. The Morgan fingerprint density at radius 2 is 1.67 bits per heavy atom. The number of benzene rings is 1. The van der Waals surface area contributed by atoms with E-state index in [0.717, 1.165) is 43.5 Å². The van der Waals surface area contributed by atoms with E-state index in [1.54, 1.807) is 17.0 Å². The van der Waals surface area contributed by atoms with Crippen LogP contribution in [0, 0.1) is 13.8 Å². The maximum Gasteiger partial charge on any atom is 0.294 e. The number of hydrogen-bond acceptors (Lipinski definition) is 2. The molecule has 0 aliphatic carbocycles. The Morgan fingerprint density at radius 3 is 2.28 bits per heavy atom. The highest BCUT2D eigenvalue weighted by Gasteiger charge is 2.24. The van der Waals surface area contributed by atoms with Crippen LogP contribution in [0.4, 0.5) is 0 Å². The van der Waals surface area contributed by atoms with Crippen LogP contribution in [0.25, 0.3) is 0 Å². The van der Waals surface area contributed by atoms with Crippen molar-refractivity contribution in [2.45, 2.75) is 33.1 Å². The van der Waals surface area contributed by atoms with Gasteiger partial charge in [0.15, 0.2) is 0 Å². The molecule has 0 bridgehead atoms. The summed E-state index contributed by atoms with van der Waals surface area (Å²) in [7, 11) is 0. The number of carbonyl (C=O) groups is 2. The summed E-state index contributed by atoms with van der Waals surface area (Å²) in [5.74, 6) is -0.724. The number of piperidine rings is 1. The van der Waals surface area contributed by atoms with Gasteiger partial charge in [-0.2, -0.15) is 0 Å². The summed E-state index contributed by atoms with van der Waals surface area (Å²) in [5, 5.41) is 0. The van der Waals surface area contributed by atoms with Gasteiger partial charge in [-0.15, -0.1) is 0 Å². The van der Waals surface area contributed by atoms with Crippen molar-refractivity contribution in [1.29, 1.82) is 0 Å². The van der Waals surface area contributed by atoms with Gasteiger partial charge in [0.1, 0.15) is 0 Å². The Kier molecular flexibility index (Phi) is 3.80. The lowest BCUT2D eigenvalue weighted by Gasteiger charge is -2.25. The van der Waals surface area contributed by atoms with Crippen molar-refractivity contribution in [3.8, 4) is 0 Å². The molecule has 1 aromatic rings. The fraction of sp³-hybridized carbons (Fsp3) is 0.467. The van der Waals surface area contributed by atoms with Gasteiger partial charge in [-0.05, 0) is 50.3 Å². The van der Waals surface area contributed by atoms with E-state index in [-0.39, 0.29) is 11.7 Å². The molecule has 1 amide bonds. The quantitative estimate of drug-likeness (QED) is 0.593. The Morgan fingerprint density at radius 1 is 1.00 bits per heavy atom. The minimum atomic E-state index is -0.375. The van der Waals surface area contributed by atoms with Gasteiger partial charge < -0.3 is 4.90 Å². The first-order chi connectivity index (χ1) is 8.59. The van der Waals surface area contributed by atoms with Gasteiger partial charge in [0.25, 0.3) is 5.91 Å². The van der Waals surface area contributed by atoms with Crippen LogP contribution in [-0.2, 0) is 4.79 Å². The molecule has 0 radical (unpaired) electrons. The molecule has 0 unspecified atom stereocenters. The second-order valence-electron chi connectivity index (χ2n) is 4.98. The van der Waals surface area contributed by atoms with Crippen LogP contribution in [0.2, 0.25) is 0 Å². The maximum absolute atomic E-state index is 12.1. The Hall–Kier alpha value is -1.64. The zero-order chi connectivity index (χ0) is 13.1. The number of Topliss-reactive ketones (excluding diaryl/α,β-unsaturated/α-hetero) is 1. The summed E-state index contributed by atoms with van der Waals surface area (Å²) < 4.78 is 0. The highest BCUT2D eigenvalue weighted by molar-refractivity contribution is 6.42. The van der Waals surface area contributed by atoms with Crippen LogP contribution < -0.4 is 0 Å². The Balaban J connectivity index is 2.14. The highest BCUT2D eigenvalue weighted by atomic mass is 16.2. The Bertz CT molecular complexity index is 473. The third kappa shape index (κ3) is 2.61. The first-order valence-corrected chi connectivity index (χ1v) is 6.50. The van der Waals surface area contributed by atoms with E-state index in [2.05, 4.69) is 0 Å². The number of nitrogens with zero attached hydrogens (tertiary/aromatic N) is 1. The fourth-order valence-electron chi connectivity index (χ4n) is 2.25. The topological polar surface area (TPSA) is 37.4 Å². The predicted octanol–water partition coefficient (Wildman–Crippen LogP) is 2.50. The van der Waals surface area contributed by atoms with Crippen LogP contribution in [0.3, 0.4) is 0 Å². The number of hydrogen-bond donors (Lipinski definition) is 0. The molecule has 0 saturated carbocycles. The normalized spacial score (nSPS) is 15.6. The minimum Gasteiger partial charge on any atom is -0.336 e.